The van der Waals surface area contributed by atoms with Gasteiger partial charge in [0.15, 0.2) is 0 Å². The van der Waals surface area contributed by atoms with E-state index in [0.29, 0.717) is 25.3 Å². The Bertz CT molecular complexity index is 554. The van der Waals surface area contributed by atoms with E-state index >= 15 is 0 Å². The molecule has 0 aliphatic carbocycles. The van der Waals surface area contributed by atoms with Gasteiger partial charge in [-0.25, -0.2) is 9.18 Å². The second-order valence-corrected chi connectivity index (χ2v) is 6.43. The van der Waals surface area contributed by atoms with Crippen molar-refractivity contribution in [3.63, 3.8) is 0 Å². The average Bonchev–Trinajstić information content (AvgIpc) is 2.55. The van der Waals surface area contributed by atoms with Crippen molar-refractivity contribution in [2.24, 2.45) is 0 Å². The Balaban J connectivity index is 1.58. The maximum absolute atomic E-state index is 13.9. The molecule has 3 rings (SSSR count). The summed E-state index contributed by atoms with van der Waals surface area (Å²) in [4.78, 5) is 16.0. The number of β-amino-alcohol motifs (C(OH)–C–C–N with tert-alkyl or cyclic N) is 1. The number of urea groups is 1. The molecule has 1 aromatic rings. The monoisotopic (exact) mass is 321 g/mol. The number of amides is 2. The molecule has 0 saturated carbocycles. The SMILES string of the molecule is O=C(N[C@@H]1CCCN(c2ccccc2F)C1)N1CCC[C@H](O)C1. The fourth-order valence-corrected chi connectivity index (χ4v) is 3.43. The number of anilines is 1. The quantitative estimate of drug-likeness (QED) is 0.875. The first-order chi connectivity index (χ1) is 11.1. The lowest BCUT2D eigenvalue weighted by atomic mass is 10.0. The van der Waals surface area contributed by atoms with E-state index in [2.05, 4.69) is 5.32 Å². The smallest absolute Gasteiger partial charge is 0.317 e. The Labute approximate surface area is 136 Å². The Hall–Kier alpha value is -1.82. The second-order valence-electron chi connectivity index (χ2n) is 6.43. The lowest BCUT2D eigenvalue weighted by Crippen LogP contribution is -2.54. The maximum atomic E-state index is 13.9. The summed E-state index contributed by atoms with van der Waals surface area (Å²) in [5, 5.41) is 12.7. The second kappa shape index (κ2) is 7.17. The summed E-state index contributed by atoms with van der Waals surface area (Å²) in [5.41, 5.74) is 0.597. The molecule has 0 radical (unpaired) electrons. The molecule has 2 amide bonds. The van der Waals surface area contributed by atoms with Gasteiger partial charge in [0, 0.05) is 32.2 Å². The number of piperidine rings is 2. The number of nitrogens with zero attached hydrogens (tertiary/aromatic N) is 2. The first-order valence-electron chi connectivity index (χ1n) is 8.36. The fourth-order valence-electron chi connectivity index (χ4n) is 3.43. The zero-order valence-corrected chi connectivity index (χ0v) is 13.2. The van der Waals surface area contributed by atoms with Crippen molar-refractivity contribution in [1.82, 2.24) is 10.2 Å². The number of carbonyl (C=O) groups is 1. The van der Waals surface area contributed by atoms with Crippen molar-refractivity contribution < 1.29 is 14.3 Å². The summed E-state index contributed by atoms with van der Waals surface area (Å²) >= 11 is 0. The summed E-state index contributed by atoms with van der Waals surface area (Å²) in [6, 6.07) is 6.64. The van der Waals surface area contributed by atoms with Gasteiger partial charge in [-0.05, 0) is 37.8 Å². The normalized spacial score (nSPS) is 25.3. The van der Waals surface area contributed by atoms with E-state index in [1.165, 1.54) is 6.07 Å². The number of benzene rings is 1. The number of hydrogen-bond acceptors (Lipinski definition) is 3. The van der Waals surface area contributed by atoms with Crippen LogP contribution >= 0.6 is 0 Å². The zero-order chi connectivity index (χ0) is 16.2. The molecule has 0 spiro atoms. The molecule has 0 bridgehead atoms. The van der Waals surface area contributed by atoms with Crippen LogP contribution in [0.25, 0.3) is 0 Å². The van der Waals surface area contributed by atoms with Crippen LogP contribution in [0.15, 0.2) is 24.3 Å². The molecule has 2 heterocycles. The molecule has 23 heavy (non-hydrogen) atoms. The van der Waals surface area contributed by atoms with Crippen molar-refractivity contribution in [3.8, 4) is 0 Å². The molecule has 6 heteroatoms. The van der Waals surface area contributed by atoms with E-state index in [1.807, 2.05) is 11.0 Å². The third-order valence-electron chi connectivity index (χ3n) is 4.63. The van der Waals surface area contributed by atoms with Crippen molar-refractivity contribution in [1.29, 1.82) is 0 Å². The summed E-state index contributed by atoms with van der Waals surface area (Å²) in [5.74, 6) is -0.223. The van der Waals surface area contributed by atoms with E-state index in [4.69, 9.17) is 0 Å². The standard InChI is InChI=1S/C17H24FN3O2/c18-15-7-1-2-8-16(15)20-9-3-5-13(11-20)19-17(23)21-10-4-6-14(22)12-21/h1-2,7-8,13-14,22H,3-6,9-12H2,(H,19,23)/t13-,14+/m1/s1. The number of nitrogens with one attached hydrogen (secondary N) is 1. The van der Waals surface area contributed by atoms with Gasteiger partial charge in [-0.3, -0.25) is 0 Å². The first-order valence-corrected chi connectivity index (χ1v) is 8.36. The third-order valence-corrected chi connectivity index (χ3v) is 4.63. The summed E-state index contributed by atoms with van der Waals surface area (Å²) in [7, 11) is 0. The first kappa shape index (κ1) is 16.1. The van der Waals surface area contributed by atoms with Crippen molar-refractivity contribution >= 4 is 11.7 Å². The lowest BCUT2D eigenvalue weighted by molar-refractivity contribution is 0.0831. The van der Waals surface area contributed by atoms with Crippen LogP contribution in [0.2, 0.25) is 0 Å². The van der Waals surface area contributed by atoms with Crippen LogP contribution in [0.5, 0.6) is 0 Å². The van der Waals surface area contributed by atoms with Gasteiger partial charge in [-0.15, -0.1) is 0 Å². The van der Waals surface area contributed by atoms with Gasteiger partial charge < -0.3 is 20.2 Å². The maximum Gasteiger partial charge on any atom is 0.317 e. The fraction of sp³-hybridized carbons (Fsp3) is 0.588. The van der Waals surface area contributed by atoms with Crippen LogP contribution in [-0.2, 0) is 0 Å². The molecule has 2 N–H and O–H groups in total. The van der Waals surface area contributed by atoms with E-state index in [9.17, 15) is 14.3 Å². The third kappa shape index (κ3) is 3.93. The molecule has 0 unspecified atom stereocenters. The highest BCUT2D eigenvalue weighted by atomic mass is 19.1. The molecule has 2 saturated heterocycles. The minimum atomic E-state index is -0.421. The van der Waals surface area contributed by atoms with Gasteiger partial charge in [-0.1, -0.05) is 12.1 Å². The highest BCUT2D eigenvalue weighted by Gasteiger charge is 2.27. The van der Waals surface area contributed by atoms with E-state index in [0.717, 1.165) is 32.2 Å². The predicted molar refractivity (Wildman–Crippen MR) is 87.0 cm³/mol. The number of likely N-dealkylation sites (tertiary alicyclic amines) is 1. The lowest BCUT2D eigenvalue weighted by Gasteiger charge is -2.37. The Kier molecular flexibility index (Phi) is 5.00. The zero-order valence-electron chi connectivity index (χ0n) is 13.2. The van der Waals surface area contributed by atoms with Crippen LogP contribution in [-0.4, -0.2) is 54.4 Å². The molecule has 1 aromatic carbocycles. The van der Waals surface area contributed by atoms with Gasteiger partial charge in [-0.2, -0.15) is 0 Å². The van der Waals surface area contributed by atoms with Crippen molar-refractivity contribution in [2.75, 3.05) is 31.1 Å². The minimum absolute atomic E-state index is 0.00919. The topological polar surface area (TPSA) is 55.8 Å². The van der Waals surface area contributed by atoms with Crippen LogP contribution in [0, 0.1) is 5.82 Å². The summed E-state index contributed by atoms with van der Waals surface area (Å²) in [6.07, 6.45) is 2.99. The van der Waals surface area contributed by atoms with Crippen LogP contribution in [0.3, 0.4) is 0 Å². The number of aliphatic hydroxyl groups excluding tert-OH is 1. The number of rotatable bonds is 2. The number of aliphatic hydroxyl groups is 1. The molecule has 0 aromatic heterocycles. The van der Waals surface area contributed by atoms with E-state index in [-0.39, 0.29) is 17.9 Å². The molecular formula is C17H24FN3O2. The highest BCUT2D eigenvalue weighted by molar-refractivity contribution is 5.74. The number of carbonyl (C=O) groups excluding carboxylic acids is 1. The molecule has 2 atom stereocenters. The van der Waals surface area contributed by atoms with Gasteiger partial charge in [0.2, 0.25) is 0 Å². The summed E-state index contributed by atoms with van der Waals surface area (Å²) in [6.45, 7) is 2.50. The largest absolute Gasteiger partial charge is 0.391 e. The Morgan fingerprint density at radius 1 is 1.17 bits per heavy atom. The van der Waals surface area contributed by atoms with Gasteiger partial charge >= 0.3 is 6.03 Å². The Morgan fingerprint density at radius 2 is 1.96 bits per heavy atom. The molecular weight excluding hydrogens is 297 g/mol. The summed E-state index contributed by atoms with van der Waals surface area (Å²) < 4.78 is 13.9. The van der Waals surface area contributed by atoms with Gasteiger partial charge in [0.1, 0.15) is 5.82 Å². The molecule has 2 aliphatic heterocycles. The number of para-hydroxylation sites is 1. The average molecular weight is 321 g/mol. The molecule has 2 aliphatic rings. The van der Waals surface area contributed by atoms with Gasteiger partial charge in [0.05, 0.1) is 11.8 Å². The van der Waals surface area contributed by atoms with Crippen molar-refractivity contribution in [3.05, 3.63) is 30.1 Å². The van der Waals surface area contributed by atoms with Crippen LogP contribution < -0.4 is 10.2 Å². The molecule has 5 nitrogen and oxygen atoms in total. The van der Waals surface area contributed by atoms with Crippen LogP contribution in [0.1, 0.15) is 25.7 Å². The van der Waals surface area contributed by atoms with Crippen molar-refractivity contribution in [2.45, 2.75) is 37.8 Å². The highest BCUT2D eigenvalue weighted by Crippen LogP contribution is 2.23. The minimum Gasteiger partial charge on any atom is -0.391 e. The van der Waals surface area contributed by atoms with E-state index in [1.54, 1.807) is 17.0 Å². The molecule has 2 fully saturated rings. The van der Waals surface area contributed by atoms with Gasteiger partial charge in [0.25, 0.3) is 0 Å². The van der Waals surface area contributed by atoms with E-state index < -0.39 is 6.10 Å². The van der Waals surface area contributed by atoms with Crippen LogP contribution in [0.4, 0.5) is 14.9 Å². The number of halogens is 1. The predicted octanol–water partition coefficient (Wildman–Crippen LogP) is 1.96. The number of hydrogen-bond donors (Lipinski definition) is 2. The molecule has 126 valence electrons. The Morgan fingerprint density at radius 3 is 2.74 bits per heavy atom.